The highest BCUT2D eigenvalue weighted by atomic mass is 32.1. The number of H-pyrrole nitrogens is 1. The van der Waals surface area contributed by atoms with Crippen molar-refractivity contribution in [1.29, 1.82) is 0 Å². The minimum Gasteiger partial charge on any atom is -0.328 e. The van der Waals surface area contributed by atoms with E-state index < -0.39 is 0 Å². The van der Waals surface area contributed by atoms with Crippen LogP contribution in [0.1, 0.15) is 51.8 Å². The zero-order valence-electron chi connectivity index (χ0n) is 11.7. The van der Waals surface area contributed by atoms with Crippen molar-refractivity contribution in [2.45, 2.75) is 59.5 Å². The van der Waals surface area contributed by atoms with E-state index in [-0.39, 0.29) is 0 Å². The number of hydrogen-bond acceptors (Lipinski definition) is 2. The monoisotopic (exact) mass is 266 g/mol. The first-order valence-electron chi connectivity index (χ1n) is 6.81. The molecule has 1 N–H and O–H groups in total. The van der Waals surface area contributed by atoms with Gasteiger partial charge in [-0.2, -0.15) is 5.10 Å². The minimum atomic E-state index is 0.470. The Morgan fingerprint density at radius 2 is 2.06 bits per heavy atom. The zero-order chi connectivity index (χ0) is 13.3. The zero-order valence-corrected chi connectivity index (χ0v) is 12.5. The van der Waals surface area contributed by atoms with Gasteiger partial charge in [-0.15, -0.1) is 0 Å². The smallest absolute Gasteiger partial charge is 0.179 e. The maximum Gasteiger partial charge on any atom is 0.179 e. The van der Waals surface area contributed by atoms with Gasteiger partial charge in [0.2, 0.25) is 0 Å². The lowest BCUT2D eigenvalue weighted by atomic mass is 10.1. The maximum atomic E-state index is 5.50. The van der Waals surface area contributed by atoms with Gasteiger partial charge in [-0.1, -0.05) is 20.3 Å². The van der Waals surface area contributed by atoms with E-state index >= 15 is 0 Å². The number of aryl methyl sites for hydroxylation is 2. The third kappa shape index (κ3) is 2.00. The molecule has 0 fully saturated rings. The third-order valence-electron chi connectivity index (χ3n) is 3.54. The standard InChI is InChI=1S/C13H22N4S/c1-5-8-10(6-2)17-12-11(14-13(17)18)9(4)15-16(12)7-3/h10H,5-8H2,1-4H3,(H,14,18). The summed E-state index contributed by atoms with van der Waals surface area (Å²) in [6.45, 7) is 9.47. The van der Waals surface area contributed by atoms with Crippen LogP contribution in [0.15, 0.2) is 0 Å². The average molecular weight is 266 g/mol. The molecule has 0 aromatic carbocycles. The van der Waals surface area contributed by atoms with Crippen LogP contribution in [-0.4, -0.2) is 19.3 Å². The summed E-state index contributed by atoms with van der Waals surface area (Å²) in [5, 5.41) is 4.57. The summed E-state index contributed by atoms with van der Waals surface area (Å²) in [5.41, 5.74) is 3.28. The van der Waals surface area contributed by atoms with Crippen LogP contribution < -0.4 is 0 Å². The summed E-state index contributed by atoms with van der Waals surface area (Å²) in [7, 11) is 0. The number of imidazole rings is 1. The summed E-state index contributed by atoms with van der Waals surface area (Å²) in [6.07, 6.45) is 3.43. The molecule has 4 nitrogen and oxygen atoms in total. The van der Waals surface area contributed by atoms with Crippen molar-refractivity contribution in [3.05, 3.63) is 10.5 Å². The van der Waals surface area contributed by atoms with Crippen LogP contribution in [0, 0.1) is 11.7 Å². The molecule has 100 valence electrons. The number of hydrogen-bond donors (Lipinski definition) is 1. The van der Waals surface area contributed by atoms with E-state index in [4.69, 9.17) is 12.2 Å². The molecule has 1 unspecified atom stereocenters. The van der Waals surface area contributed by atoms with Crippen LogP contribution in [0.4, 0.5) is 0 Å². The molecule has 1 atom stereocenters. The molecule has 0 bridgehead atoms. The van der Waals surface area contributed by atoms with Gasteiger partial charge in [0, 0.05) is 12.6 Å². The molecule has 0 spiro atoms. The van der Waals surface area contributed by atoms with Crippen LogP contribution in [0.25, 0.3) is 11.2 Å². The topological polar surface area (TPSA) is 38.5 Å². The summed E-state index contributed by atoms with van der Waals surface area (Å²) < 4.78 is 5.14. The molecular formula is C13H22N4S. The molecule has 0 radical (unpaired) electrons. The molecule has 2 aromatic rings. The third-order valence-corrected chi connectivity index (χ3v) is 3.84. The predicted molar refractivity (Wildman–Crippen MR) is 77.6 cm³/mol. The van der Waals surface area contributed by atoms with Gasteiger partial charge >= 0.3 is 0 Å². The van der Waals surface area contributed by atoms with Crippen LogP contribution >= 0.6 is 12.2 Å². The lowest BCUT2D eigenvalue weighted by Gasteiger charge is -2.17. The van der Waals surface area contributed by atoms with Gasteiger partial charge in [0.1, 0.15) is 5.52 Å². The Labute approximate surface area is 113 Å². The van der Waals surface area contributed by atoms with E-state index in [9.17, 15) is 0 Å². The highest BCUT2D eigenvalue weighted by Gasteiger charge is 2.18. The highest BCUT2D eigenvalue weighted by molar-refractivity contribution is 7.71. The molecule has 2 heterocycles. The van der Waals surface area contributed by atoms with Gasteiger partial charge in [0.25, 0.3) is 0 Å². The molecular weight excluding hydrogens is 244 g/mol. The van der Waals surface area contributed by atoms with Crippen molar-refractivity contribution in [3.8, 4) is 0 Å². The van der Waals surface area contributed by atoms with E-state index in [2.05, 4.69) is 40.1 Å². The Bertz CT molecular complexity index is 590. The predicted octanol–water partition coefficient (Wildman–Crippen LogP) is 3.97. The van der Waals surface area contributed by atoms with Crippen molar-refractivity contribution in [3.63, 3.8) is 0 Å². The van der Waals surface area contributed by atoms with E-state index in [0.29, 0.717) is 6.04 Å². The number of nitrogens with one attached hydrogen (secondary N) is 1. The Morgan fingerprint density at radius 3 is 2.61 bits per heavy atom. The van der Waals surface area contributed by atoms with Gasteiger partial charge in [-0.25, -0.2) is 4.68 Å². The molecule has 0 saturated heterocycles. The fourth-order valence-corrected chi connectivity index (χ4v) is 2.97. The molecule has 0 aliphatic heterocycles. The van der Waals surface area contributed by atoms with Crippen LogP contribution in [0.2, 0.25) is 0 Å². The SMILES string of the molecule is CCCC(CC)n1c(=S)[nH]c2c(C)nn(CC)c21. The molecule has 0 aliphatic carbocycles. The first-order chi connectivity index (χ1) is 8.63. The fraction of sp³-hybridized carbons (Fsp3) is 0.692. The van der Waals surface area contributed by atoms with Gasteiger partial charge in [-0.05, 0) is 38.9 Å². The van der Waals surface area contributed by atoms with Gasteiger partial charge in [-0.3, -0.25) is 4.57 Å². The lowest BCUT2D eigenvalue weighted by Crippen LogP contribution is -2.11. The quantitative estimate of drug-likeness (QED) is 0.831. The Hall–Kier alpha value is -1.10. The first kappa shape index (κ1) is 13.3. The Balaban J connectivity index is 2.68. The number of aromatic amines is 1. The number of nitrogens with zero attached hydrogens (tertiary/aromatic N) is 3. The molecule has 5 heteroatoms. The average Bonchev–Trinajstić information content (AvgIpc) is 2.84. The van der Waals surface area contributed by atoms with Crippen LogP contribution in [-0.2, 0) is 6.54 Å². The van der Waals surface area contributed by atoms with E-state index in [1.54, 1.807) is 0 Å². The summed E-state index contributed by atoms with van der Waals surface area (Å²) in [5.74, 6) is 0. The van der Waals surface area contributed by atoms with E-state index in [1.807, 2.05) is 6.92 Å². The summed E-state index contributed by atoms with van der Waals surface area (Å²) in [6, 6.07) is 0.470. The number of rotatable bonds is 5. The summed E-state index contributed by atoms with van der Waals surface area (Å²) in [4.78, 5) is 3.32. The van der Waals surface area contributed by atoms with E-state index in [0.717, 1.165) is 41.0 Å². The second-order valence-electron chi connectivity index (χ2n) is 4.75. The molecule has 0 aliphatic rings. The van der Waals surface area contributed by atoms with Gasteiger partial charge in [0.05, 0.1) is 5.69 Å². The molecule has 2 aromatic heterocycles. The second-order valence-corrected chi connectivity index (χ2v) is 5.14. The fourth-order valence-electron chi connectivity index (χ4n) is 2.63. The van der Waals surface area contributed by atoms with Crippen molar-refractivity contribution in [2.24, 2.45) is 0 Å². The molecule has 18 heavy (non-hydrogen) atoms. The number of aromatic nitrogens is 4. The van der Waals surface area contributed by atoms with Gasteiger partial charge < -0.3 is 4.98 Å². The van der Waals surface area contributed by atoms with Crippen molar-refractivity contribution < 1.29 is 0 Å². The lowest BCUT2D eigenvalue weighted by molar-refractivity contribution is 0.444. The largest absolute Gasteiger partial charge is 0.328 e. The van der Waals surface area contributed by atoms with Crippen LogP contribution in [0.5, 0.6) is 0 Å². The van der Waals surface area contributed by atoms with E-state index in [1.165, 1.54) is 6.42 Å². The van der Waals surface area contributed by atoms with Crippen LogP contribution in [0.3, 0.4) is 0 Å². The van der Waals surface area contributed by atoms with Crippen molar-refractivity contribution in [2.75, 3.05) is 0 Å². The molecule has 0 saturated carbocycles. The van der Waals surface area contributed by atoms with Gasteiger partial charge in [0.15, 0.2) is 10.4 Å². The van der Waals surface area contributed by atoms with Crippen molar-refractivity contribution >= 4 is 23.4 Å². The molecule has 0 amide bonds. The van der Waals surface area contributed by atoms with Crippen molar-refractivity contribution in [1.82, 2.24) is 19.3 Å². The summed E-state index contributed by atoms with van der Waals surface area (Å²) >= 11 is 5.50. The molecule has 2 rings (SSSR count). The number of fused-ring (bicyclic) bond motifs is 1. The highest BCUT2D eigenvalue weighted by Crippen LogP contribution is 2.26. The normalized spacial score (nSPS) is 13.3. The Kier molecular flexibility index (Phi) is 3.90. The minimum absolute atomic E-state index is 0.470. The maximum absolute atomic E-state index is 5.50. The first-order valence-corrected chi connectivity index (χ1v) is 7.22. The second kappa shape index (κ2) is 5.26. The Morgan fingerprint density at radius 1 is 1.33 bits per heavy atom.